The number of benzene rings is 1. The number of carbonyl (C=O) groups excluding carboxylic acids is 1. The molecule has 0 unspecified atom stereocenters. The van der Waals surface area contributed by atoms with Gasteiger partial charge >= 0.3 is 0 Å². The maximum Gasteiger partial charge on any atom is 0.150 e. The molecule has 0 N–H and O–H groups in total. The van der Waals surface area contributed by atoms with E-state index in [0.29, 0.717) is 24.0 Å². The van der Waals surface area contributed by atoms with Gasteiger partial charge in [-0.3, -0.25) is 4.79 Å². The standard InChI is InChI=1S/C14H14N2O2/c17-8-11-2-1-3-14(6-11)18-9-13-7-15-10-16(13)12-4-5-12/h1-3,6-8,10,12H,4-5,9H2. The highest BCUT2D eigenvalue weighted by molar-refractivity contribution is 5.75. The maximum absolute atomic E-state index is 10.7. The van der Waals surface area contributed by atoms with Gasteiger partial charge in [0, 0.05) is 11.6 Å². The Bertz CT molecular complexity index is 558. The molecule has 1 saturated carbocycles. The van der Waals surface area contributed by atoms with Crippen LogP contribution in [0.1, 0.15) is 34.9 Å². The number of carbonyl (C=O) groups is 1. The largest absolute Gasteiger partial charge is 0.487 e. The second kappa shape index (κ2) is 4.64. The highest BCUT2D eigenvalue weighted by Gasteiger charge is 2.25. The molecule has 92 valence electrons. The summed E-state index contributed by atoms with van der Waals surface area (Å²) in [5, 5.41) is 0. The van der Waals surface area contributed by atoms with Crippen molar-refractivity contribution in [2.45, 2.75) is 25.5 Å². The monoisotopic (exact) mass is 242 g/mol. The lowest BCUT2D eigenvalue weighted by Gasteiger charge is -2.09. The normalized spacial score (nSPS) is 14.4. The van der Waals surface area contributed by atoms with Crippen LogP contribution in [0.25, 0.3) is 0 Å². The van der Waals surface area contributed by atoms with Gasteiger partial charge in [-0.05, 0) is 25.0 Å². The first-order valence-electron chi connectivity index (χ1n) is 6.05. The van der Waals surface area contributed by atoms with Crippen LogP contribution in [-0.4, -0.2) is 15.8 Å². The summed E-state index contributed by atoms with van der Waals surface area (Å²) in [6, 6.07) is 7.77. The minimum absolute atomic E-state index is 0.485. The van der Waals surface area contributed by atoms with Gasteiger partial charge in [-0.2, -0.15) is 0 Å². The molecule has 0 aliphatic heterocycles. The van der Waals surface area contributed by atoms with Crippen LogP contribution in [0.4, 0.5) is 0 Å². The number of aromatic nitrogens is 2. The van der Waals surface area contributed by atoms with Gasteiger partial charge in [-0.15, -0.1) is 0 Å². The zero-order valence-electron chi connectivity index (χ0n) is 9.95. The van der Waals surface area contributed by atoms with E-state index in [4.69, 9.17) is 4.74 Å². The van der Waals surface area contributed by atoms with Crippen LogP contribution < -0.4 is 4.74 Å². The highest BCUT2D eigenvalue weighted by Crippen LogP contribution is 2.35. The molecule has 0 spiro atoms. The quantitative estimate of drug-likeness (QED) is 0.757. The number of rotatable bonds is 5. The first kappa shape index (κ1) is 11.0. The number of hydrogen-bond acceptors (Lipinski definition) is 3. The molecule has 0 bridgehead atoms. The molecule has 0 amide bonds. The Morgan fingerprint density at radius 1 is 1.44 bits per heavy atom. The van der Waals surface area contributed by atoms with Crippen molar-refractivity contribution in [2.75, 3.05) is 0 Å². The van der Waals surface area contributed by atoms with E-state index in [-0.39, 0.29) is 0 Å². The Hall–Kier alpha value is -2.10. The average molecular weight is 242 g/mol. The van der Waals surface area contributed by atoms with Gasteiger partial charge in [0.1, 0.15) is 18.6 Å². The van der Waals surface area contributed by atoms with Gasteiger partial charge in [0.05, 0.1) is 18.2 Å². The van der Waals surface area contributed by atoms with Crippen LogP contribution in [0, 0.1) is 0 Å². The van der Waals surface area contributed by atoms with Gasteiger partial charge in [-0.1, -0.05) is 12.1 Å². The Morgan fingerprint density at radius 3 is 3.11 bits per heavy atom. The van der Waals surface area contributed by atoms with Crippen LogP contribution in [0.2, 0.25) is 0 Å². The first-order chi connectivity index (χ1) is 8.86. The van der Waals surface area contributed by atoms with Crippen molar-refractivity contribution < 1.29 is 9.53 Å². The molecule has 0 radical (unpaired) electrons. The highest BCUT2D eigenvalue weighted by atomic mass is 16.5. The molecule has 3 rings (SSSR count). The zero-order valence-corrected chi connectivity index (χ0v) is 9.95. The van der Waals surface area contributed by atoms with Crippen LogP contribution in [0.15, 0.2) is 36.8 Å². The summed E-state index contributed by atoms with van der Waals surface area (Å²) in [6.07, 6.45) is 6.97. The molecule has 18 heavy (non-hydrogen) atoms. The summed E-state index contributed by atoms with van der Waals surface area (Å²) < 4.78 is 7.86. The third-order valence-electron chi connectivity index (χ3n) is 3.07. The molecule has 1 aromatic heterocycles. The fourth-order valence-corrected chi connectivity index (χ4v) is 1.96. The summed E-state index contributed by atoms with van der Waals surface area (Å²) in [7, 11) is 0. The van der Waals surface area contributed by atoms with Gasteiger partial charge in [0.15, 0.2) is 0 Å². The smallest absolute Gasteiger partial charge is 0.150 e. The predicted molar refractivity (Wildman–Crippen MR) is 66.7 cm³/mol. The van der Waals surface area contributed by atoms with E-state index in [1.54, 1.807) is 12.1 Å². The second-order valence-corrected chi connectivity index (χ2v) is 4.50. The molecule has 1 fully saturated rings. The number of imidazole rings is 1. The van der Waals surface area contributed by atoms with Gasteiger partial charge < -0.3 is 9.30 Å². The van der Waals surface area contributed by atoms with Crippen LogP contribution in [-0.2, 0) is 6.61 Å². The molecular formula is C14H14N2O2. The predicted octanol–water partition coefficient (Wildman–Crippen LogP) is 2.61. The molecule has 1 heterocycles. The lowest BCUT2D eigenvalue weighted by atomic mass is 10.2. The van der Waals surface area contributed by atoms with Crippen molar-refractivity contribution in [2.24, 2.45) is 0 Å². The van der Waals surface area contributed by atoms with E-state index in [9.17, 15) is 4.79 Å². The fraction of sp³-hybridized carbons (Fsp3) is 0.286. The summed E-state index contributed by atoms with van der Waals surface area (Å²) in [4.78, 5) is 14.8. The third-order valence-corrected chi connectivity index (χ3v) is 3.07. The molecular weight excluding hydrogens is 228 g/mol. The summed E-state index contributed by atoms with van der Waals surface area (Å²) in [5.74, 6) is 0.711. The lowest BCUT2D eigenvalue weighted by Crippen LogP contribution is -2.03. The van der Waals surface area contributed by atoms with E-state index in [2.05, 4.69) is 9.55 Å². The Morgan fingerprint density at radius 2 is 2.33 bits per heavy atom. The summed E-state index contributed by atoms with van der Waals surface area (Å²) >= 11 is 0. The molecule has 0 saturated heterocycles. The van der Waals surface area contributed by atoms with Crippen LogP contribution >= 0.6 is 0 Å². The van der Waals surface area contributed by atoms with E-state index in [1.165, 1.54) is 12.8 Å². The number of nitrogens with zero attached hydrogens (tertiary/aromatic N) is 2. The SMILES string of the molecule is O=Cc1cccc(OCc2cncn2C2CC2)c1. The first-order valence-corrected chi connectivity index (χ1v) is 6.05. The van der Waals surface area contributed by atoms with Gasteiger partial charge in [0.2, 0.25) is 0 Å². The zero-order chi connectivity index (χ0) is 12.4. The molecule has 1 aliphatic carbocycles. The van der Waals surface area contributed by atoms with E-state index < -0.39 is 0 Å². The van der Waals surface area contributed by atoms with Crippen molar-refractivity contribution in [1.29, 1.82) is 0 Å². The van der Waals surface area contributed by atoms with E-state index >= 15 is 0 Å². The topological polar surface area (TPSA) is 44.1 Å². The van der Waals surface area contributed by atoms with Crippen molar-refractivity contribution in [3.05, 3.63) is 48.0 Å². The van der Waals surface area contributed by atoms with Crippen LogP contribution in [0.5, 0.6) is 5.75 Å². The molecule has 1 aliphatic rings. The molecule has 1 aromatic carbocycles. The van der Waals surface area contributed by atoms with Gasteiger partial charge in [0.25, 0.3) is 0 Å². The van der Waals surface area contributed by atoms with Crippen molar-refractivity contribution in [1.82, 2.24) is 9.55 Å². The second-order valence-electron chi connectivity index (χ2n) is 4.50. The fourth-order valence-electron chi connectivity index (χ4n) is 1.96. The van der Waals surface area contributed by atoms with E-state index in [1.807, 2.05) is 24.7 Å². The van der Waals surface area contributed by atoms with Crippen molar-refractivity contribution in [3.8, 4) is 5.75 Å². The van der Waals surface area contributed by atoms with Crippen molar-refractivity contribution >= 4 is 6.29 Å². The number of ether oxygens (including phenoxy) is 1. The third kappa shape index (κ3) is 2.27. The summed E-state index contributed by atoms with van der Waals surface area (Å²) in [6.45, 7) is 0.485. The van der Waals surface area contributed by atoms with Crippen molar-refractivity contribution in [3.63, 3.8) is 0 Å². The number of hydrogen-bond donors (Lipinski definition) is 0. The minimum atomic E-state index is 0.485. The molecule has 4 nitrogen and oxygen atoms in total. The molecule has 2 aromatic rings. The Kier molecular flexibility index (Phi) is 2.84. The minimum Gasteiger partial charge on any atom is -0.487 e. The Labute approximate surface area is 105 Å². The van der Waals surface area contributed by atoms with E-state index in [0.717, 1.165) is 12.0 Å². The summed E-state index contributed by atoms with van der Waals surface area (Å²) in [5.41, 5.74) is 1.71. The molecule has 4 heteroatoms. The van der Waals surface area contributed by atoms with Crippen LogP contribution in [0.3, 0.4) is 0 Å². The average Bonchev–Trinajstić information content (AvgIpc) is 3.15. The number of aldehydes is 1. The Balaban J connectivity index is 1.69. The van der Waals surface area contributed by atoms with Gasteiger partial charge in [-0.25, -0.2) is 4.98 Å². The maximum atomic E-state index is 10.7. The molecule has 0 atom stereocenters. The lowest BCUT2D eigenvalue weighted by molar-refractivity contribution is 0.112.